The van der Waals surface area contributed by atoms with Gasteiger partial charge in [-0.2, -0.15) is 0 Å². The standard InChI is InChI=1S/C11H15N3O3/c1-8-4-6-13-11(10(8)14(15)16)17-7-9-3-2-5-12-9/h4,6,9,12H,2-3,5,7H2,1H3. The van der Waals surface area contributed by atoms with E-state index in [4.69, 9.17) is 4.74 Å². The average Bonchev–Trinajstić information content (AvgIpc) is 2.78. The predicted molar refractivity (Wildman–Crippen MR) is 62.1 cm³/mol. The van der Waals surface area contributed by atoms with Crippen molar-refractivity contribution >= 4 is 5.69 Å². The normalized spacial score (nSPS) is 19.2. The Kier molecular flexibility index (Phi) is 3.53. The van der Waals surface area contributed by atoms with Crippen molar-refractivity contribution in [3.63, 3.8) is 0 Å². The first-order valence-electron chi connectivity index (χ1n) is 5.64. The van der Waals surface area contributed by atoms with Crippen LogP contribution in [0.4, 0.5) is 5.69 Å². The van der Waals surface area contributed by atoms with Crippen LogP contribution < -0.4 is 10.1 Å². The third-order valence-electron chi connectivity index (χ3n) is 2.86. The van der Waals surface area contributed by atoms with Gasteiger partial charge in [0.15, 0.2) is 0 Å². The molecule has 92 valence electrons. The highest BCUT2D eigenvalue weighted by Gasteiger charge is 2.22. The van der Waals surface area contributed by atoms with Crippen LogP contribution in [-0.2, 0) is 0 Å². The van der Waals surface area contributed by atoms with Gasteiger partial charge in [0.25, 0.3) is 5.88 Å². The zero-order chi connectivity index (χ0) is 12.3. The highest BCUT2D eigenvalue weighted by atomic mass is 16.6. The van der Waals surface area contributed by atoms with Crippen LogP contribution in [0.15, 0.2) is 12.3 Å². The van der Waals surface area contributed by atoms with Gasteiger partial charge in [-0.15, -0.1) is 0 Å². The molecule has 0 amide bonds. The molecule has 1 aromatic heterocycles. The minimum Gasteiger partial charge on any atom is -0.471 e. The summed E-state index contributed by atoms with van der Waals surface area (Å²) in [5.41, 5.74) is 0.532. The first-order chi connectivity index (χ1) is 8.18. The molecule has 17 heavy (non-hydrogen) atoms. The fourth-order valence-electron chi connectivity index (χ4n) is 1.93. The molecule has 0 saturated carbocycles. The maximum absolute atomic E-state index is 10.9. The Morgan fingerprint density at radius 3 is 3.18 bits per heavy atom. The molecule has 0 radical (unpaired) electrons. The van der Waals surface area contributed by atoms with Crippen LogP contribution in [-0.4, -0.2) is 29.1 Å². The minimum atomic E-state index is -0.445. The van der Waals surface area contributed by atoms with Crippen molar-refractivity contribution < 1.29 is 9.66 Å². The lowest BCUT2D eigenvalue weighted by molar-refractivity contribution is -0.386. The Bertz CT molecular complexity index is 416. The summed E-state index contributed by atoms with van der Waals surface area (Å²) < 4.78 is 5.45. The maximum atomic E-state index is 10.9. The monoisotopic (exact) mass is 237 g/mol. The number of nitro groups is 1. The Labute approximate surface area is 99.2 Å². The number of ether oxygens (including phenoxy) is 1. The van der Waals surface area contributed by atoms with Gasteiger partial charge in [-0.25, -0.2) is 4.98 Å². The van der Waals surface area contributed by atoms with E-state index in [1.807, 2.05) is 0 Å². The van der Waals surface area contributed by atoms with Gasteiger partial charge in [0, 0.05) is 17.8 Å². The maximum Gasteiger partial charge on any atom is 0.333 e. The molecule has 1 atom stereocenters. The molecular weight excluding hydrogens is 222 g/mol. The van der Waals surface area contributed by atoms with Crippen molar-refractivity contribution in [3.05, 3.63) is 27.9 Å². The van der Waals surface area contributed by atoms with E-state index >= 15 is 0 Å². The van der Waals surface area contributed by atoms with Gasteiger partial charge in [0.05, 0.1) is 4.92 Å². The highest BCUT2D eigenvalue weighted by Crippen LogP contribution is 2.27. The van der Waals surface area contributed by atoms with E-state index in [-0.39, 0.29) is 17.6 Å². The molecule has 0 spiro atoms. The Balaban J connectivity index is 2.09. The lowest BCUT2D eigenvalue weighted by Crippen LogP contribution is -2.28. The van der Waals surface area contributed by atoms with Crippen LogP contribution in [0.25, 0.3) is 0 Å². The molecule has 6 heteroatoms. The van der Waals surface area contributed by atoms with Crippen molar-refractivity contribution in [1.82, 2.24) is 10.3 Å². The summed E-state index contributed by atoms with van der Waals surface area (Å²) >= 11 is 0. The number of nitrogens with one attached hydrogen (secondary N) is 1. The number of rotatable bonds is 4. The summed E-state index contributed by atoms with van der Waals surface area (Å²) in [5, 5.41) is 14.2. The van der Waals surface area contributed by atoms with Crippen molar-refractivity contribution in [3.8, 4) is 5.88 Å². The molecule has 1 aliphatic rings. The second-order valence-corrected chi connectivity index (χ2v) is 4.14. The Morgan fingerprint density at radius 1 is 1.71 bits per heavy atom. The molecule has 2 heterocycles. The van der Waals surface area contributed by atoms with E-state index in [0.29, 0.717) is 12.2 Å². The molecule has 2 rings (SSSR count). The Hall–Kier alpha value is -1.69. The van der Waals surface area contributed by atoms with Crippen molar-refractivity contribution in [1.29, 1.82) is 0 Å². The van der Waals surface area contributed by atoms with Gasteiger partial charge in [0.2, 0.25) is 0 Å². The number of aromatic nitrogens is 1. The van der Waals surface area contributed by atoms with E-state index in [1.165, 1.54) is 6.20 Å². The van der Waals surface area contributed by atoms with E-state index in [2.05, 4.69) is 10.3 Å². The predicted octanol–water partition coefficient (Wildman–Crippen LogP) is 1.43. The SMILES string of the molecule is Cc1ccnc(OCC2CCCN2)c1[N+](=O)[O-]. The molecular formula is C11H15N3O3. The molecule has 1 N–H and O–H groups in total. The molecule has 1 aliphatic heterocycles. The van der Waals surface area contributed by atoms with Crippen molar-refractivity contribution in [2.24, 2.45) is 0 Å². The summed E-state index contributed by atoms with van der Waals surface area (Å²) in [6.45, 7) is 3.09. The first kappa shape index (κ1) is 11.8. The summed E-state index contributed by atoms with van der Waals surface area (Å²) in [4.78, 5) is 14.4. The van der Waals surface area contributed by atoms with E-state index in [0.717, 1.165) is 19.4 Å². The Morgan fingerprint density at radius 2 is 2.53 bits per heavy atom. The average molecular weight is 237 g/mol. The molecule has 6 nitrogen and oxygen atoms in total. The van der Waals surface area contributed by atoms with Gasteiger partial charge in [-0.05, 0) is 32.4 Å². The molecule has 1 unspecified atom stereocenters. The first-order valence-corrected chi connectivity index (χ1v) is 5.64. The zero-order valence-electron chi connectivity index (χ0n) is 9.68. The summed E-state index contributed by atoms with van der Waals surface area (Å²) in [6, 6.07) is 1.88. The number of aryl methyl sites for hydroxylation is 1. The number of hydrogen-bond donors (Lipinski definition) is 1. The lowest BCUT2D eigenvalue weighted by atomic mass is 10.2. The minimum absolute atomic E-state index is 0.0366. The number of hydrogen-bond acceptors (Lipinski definition) is 5. The van der Waals surface area contributed by atoms with Gasteiger partial charge < -0.3 is 10.1 Å². The van der Waals surface area contributed by atoms with E-state index in [9.17, 15) is 10.1 Å². The molecule has 1 saturated heterocycles. The molecule has 0 aliphatic carbocycles. The lowest BCUT2D eigenvalue weighted by Gasteiger charge is -2.11. The van der Waals surface area contributed by atoms with Gasteiger partial charge >= 0.3 is 5.69 Å². The van der Waals surface area contributed by atoms with Crippen LogP contribution in [0.3, 0.4) is 0 Å². The summed E-state index contributed by atoms with van der Waals surface area (Å²) in [6.07, 6.45) is 3.69. The van der Waals surface area contributed by atoms with Crippen molar-refractivity contribution in [2.45, 2.75) is 25.8 Å². The smallest absolute Gasteiger partial charge is 0.333 e. The van der Waals surface area contributed by atoms with Crippen LogP contribution in [0, 0.1) is 17.0 Å². The van der Waals surface area contributed by atoms with E-state index in [1.54, 1.807) is 13.0 Å². The van der Waals surface area contributed by atoms with Gasteiger partial charge in [-0.3, -0.25) is 10.1 Å². The molecule has 0 bridgehead atoms. The van der Waals surface area contributed by atoms with Crippen LogP contribution in [0.5, 0.6) is 5.88 Å². The van der Waals surface area contributed by atoms with Crippen molar-refractivity contribution in [2.75, 3.05) is 13.2 Å². The summed E-state index contributed by atoms with van der Waals surface area (Å²) in [5.74, 6) is 0.115. The highest BCUT2D eigenvalue weighted by molar-refractivity contribution is 5.47. The van der Waals surface area contributed by atoms with Gasteiger partial charge in [0.1, 0.15) is 6.61 Å². The fraction of sp³-hybridized carbons (Fsp3) is 0.545. The largest absolute Gasteiger partial charge is 0.471 e. The van der Waals surface area contributed by atoms with Crippen LogP contribution >= 0.6 is 0 Å². The second-order valence-electron chi connectivity index (χ2n) is 4.14. The molecule has 1 aromatic rings. The third kappa shape index (κ3) is 2.71. The second kappa shape index (κ2) is 5.09. The molecule has 1 fully saturated rings. The van der Waals surface area contributed by atoms with Crippen LogP contribution in [0.2, 0.25) is 0 Å². The topological polar surface area (TPSA) is 77.3 Å². The van der Waals surface area contributed by atoms with Gasteiger partial charge in [-0.1, -0.05) is 0 Å². The fourth-order valence-corrected chi connectivity index (χ4v) is 1.93. The zero-order valence-corrected chi connectivity index (χ0v) is 9.68. The third-order valence-corrected chi connectivity index (χ3v) is 2.86. The number of pyridine rings is 1. The van der Waals surface area contributed by atoms with E-state index < -0.39 is 4.92 Å². The van der Waals surface area contributed by atoms with Crippen LogP contribution in [0.1, 0.15) is 18.4 Å². The summed E-state index contributed by atoms with van der Waals surface area (Å²) in [7, 11) is 0. The molecule has 0 aromatic carbocycles. The quantitative estimate of drug-likeness (QED) is 0.633. The number of nitrogens with zero attached hydrogens (tertiary/aromatic N) is 2.